The van der Waals surface area contributed by atoms with E-state index in [9.17, 15) is 9.59 Å². The number of amides is 2. The number of anilines is 1. The molecule has 1 heterocycles. The van der Waals surface area contributed by atoms with Crippen molar-refractivity contribution in [3.05, 3.63) is 72.1 Å². The first-order valence-electron chi connectivity index (χ1n) is 9.20. The van der Waals surface area contributed by atoms with E-state index in [1.54, 1.807) is 24.3 Å². The zero-order valence-corrected chi connectivity index (χ0v) is 15.9. The molecule has 0 spiro atoms. The average molecular weight is 377 g/mol. The number of hydrogen-bond donors (Lipinski definition) is 2. The highest BCUT2D eigenvalue weighted by molar-refractivity contribution is 6.04. The van der Waals surface area contributed by atoms with Gasteiger partial charge in [0.05, 0.1) is 23.4 Å². The molecule has 3 rings (SSSR count). The number of nitrogens with zero attached hydrogens (tertiary/aromatic N) is 1. The number of aromatic nitrogens is 1. The fraction of sp³-hybridized carbons (Fsp3) is 0.227. The minimum Gasteiger partial charge on any atom is -0.444 e. The highest BCUT2D eigenvalue weighted by Gasteiger charge is 2.15. The van der Waals surface area contributed by atoms with E-state index in [2.05, 4.69) is 15.6 Å². The summed E-state index contributed by atoms with van der Waals surface area (Å²) in [5, 5.41) is 5.66. The lowest BCUT2D eigenvalue weighted by atomic mass is 10.1. The lowest BCUT2D eigenvalue weighted by molar-refractivity contribution is -0.115. The number of benzene rings is 2. The third kappa shape index (κ3) is 5.07. The van der Waals surface area contributed by atoms with E-state index < -0.39 is 0 Å². The molecule has 1 aromatic heterocycles. The Morgan fingerprint density at radius 3 is 2.50 bits per heavy atom. The molecule has 0 aliphatic rings. The number of carbonyl (C=O) groups is 2. The van der Waals surface area contributed by atoms with E-state index in [0.29, 0.717) is 35.3 Å². The number of nitrogens with one attached hydrogen (secondary N) is 2. The van der Waals surface area contributed by atoms with Gasteiger partial charge in [0.15, 0.2) is 0 Å². The van der Waals surface area contributed by atoms with Gasteiger partial charge in [0.1, 0.15) is 6.26 Å². The van der Waals surface area contributed by atoms with E-state index >= 15 is 0 Å². The first-order valence-corrected chi connectivity index (χ1v) is 9.20. The molecule has 0 saturated heterocycles. The smallest absolute Gasteiger partial charge is 0.253 e. The van der Waals surface area contributed by atoms with E-state index in [1.807, 2.05) is 44.2 Å². The first-order chi connectivity index (χ1) is 13.5. The van der Waals surface area contributed by atoms with Gasteiger partial charge < -0.3 is 15.1 Å². The summed E-state index contributed by atoms with van der Waals surface area (Å²) >= 11 is 0. The average Bonchev–Trinajstić information content (AvgIpc) is 3.15. The Balaban J connectivity index is 1.66. The molecule has 0 radical (unpaired) electrons. The van der Waals surface area contributed by atoms with Gasteiger partial charge in [-0.15, -0.1) is 0 Å². The van der Waals surface area contributed by atoms with Crippen LogP contribution in [0, 0.1) is 5.92 Å². The van der Waals surface area contributed by atoms with Gasteiger partial charge in [-0.3, -0.25) is 9.59 Å². The minimum atomic E-state index is -0.267. The van der Waals surface area contributed by atoms with Crippen LogP contribution in [0.1, 0.15) is 29.9 Å². The molecule has 0 aliphatic carbocycles. The van der Waals surface area contributed by atoms with Crippen molar-refractivity contribution in [3.63, 3.8) is 0 Å². The second kappa shape index (κ2) is 8.99. The minimum absolute atomic E-state index is 0.0539. The van der Waals surface area contributed by atoms with Crippen LogP contribution in [0.25, 0.3) is 11.5 Å². The third-order valence-electron chi connectivity index (χ3n) is 4.03. The standard InChI is InChI=1S/C22H23N3O3/c1-15(2)13-23-21(27)18-10-6-7-11-19(18)25-20(26)12-17-14-28-22(24-17)16-8-4-3-5-9-16/h3-11,14-15H,12-13H2,1-2H3,(H,23,27)(H,25,26). The lowest BCUT2D eigenvalue weighted by Gasteiger charge is -2.12. The molecule has 2 aromatic carbocycles. The van der Waals surface area contributed by atoms with Crippen molar-refractivity contribution >= 4 is 17.5 Å². The van der Waals surface area contributed by atoms with Gasteiger partial charge in [-0.25, -0.2) is 4.98 Å². The molecular formula is C22H23N3O3. The topological polar surface area (TPSA) is 84.2 Å². The van der Waals surface area contributed by atoms with Gasteiger partial charge in [0.25, 0.3) is 5.91 Å². The molecule has 6 heteroatoms. The van der Waals surface area contributed by atoms with Crippen molar-refractivity contribution in [3.8, 4) is 11.5 Å². The summed E-state index contributed by atoms with van der Waals surface area (Å²) in [4.78, 5) is 29.2. The molecule has 0 atom stereocenters. The number of rotatable bonds is 7. The molecule has 0 unspecified atom stereocenters. The zero-order chi connectivity index (χ0) is 19.9. The van der Waals surface area contributed by atoms with E-state index in [4.69, 9.17) is 4.42 Å². The van der Waals surface area contributed by atoms with Crippen molar-refractivity contribution in [2.45, 2.75) is 20.3 Å². The Bertz CT molecular complexity index is 948. The lowest BCUT2D eigenvalue weighted by Crippen LogP contribution is -2.28. The Hall–Kier alpha value is -3.41. The van der Waals surface area contributed by atoms with E-state index in [0.717, 1.165) is 5.56 Å². The van der Waals surface area contributed by atoms with Crippen molar-refractivity contribution in [2.24, 2.45) is 5.92 Å². The summed E-state index contributed by atoms with van der Waals surface area (Å²) in [5.41, 5.74) is 2.28. The number of hydrogen-bond acceptors (Lipinski definition) is 4. The van der Waals surface area contributed by atoms with Gasteiger partial charge in [0.2, 0.25) is 11.8 Å². The van der Waals surface area contributed by atoms with Gasteiger partial charge in [-0.05, 0) is 30.2 Å². The van der Waals surface area contributed by atoms with Gasteiger partial charge in [-0.1, -0.05) is 44.2 Å². The second-order valence-corrected chi connectivity index (χ2v) is 6.88. The van der Waals surface area contributed by atoms with Crippen LogP contribution in [0.2, 0.25) is 0 Å². The van der Waals surface area contributed by atoms with Crippen molar-refractivity contribution in [2.75, 3.05) is 11.9 Å². The van der Waals surface area contributed by atoms with Crippen molar-refractivity contribution in [1.82, 2.24) is 10.3 Å². The van der Waals surface area contributed by atoms with Crippen LogP contribution in [0.5, 0.6) is 0 Å². The summed E-state index contributed by atoms with van der Waals surface area (Å²) in [7, 11) is 0. The van der Waals surface area contributed by atoms with Crippen LogP contribution < -0.4 is 10.6 Å². The molecule has 28 heavy (non-hydrogen) atoms. The Labute approximate surface area is 164 Å². The normalized spacial score (nSPS) is 10.7. The number of para-hydroxylation sites is 1. The van der Waals surface area contributed by atoms with Gasteiger partial charge in [0, 0.05) is 12.1 Å². The molecule has 2 N–H and O–H groups in total. The summed E-state index contributed by atoms with van der Waals surface area (Å²) in [6.07, 6.45) is 1.53. The summed E-state index contributed by atoms with van der Waals surface area (Å²) in [6, 6.07) is 16.4. The maximum Gasteiger partial charge on any atom is 0.253 e. The van der Waals surface area contributed by atoms with E-state index in [1.165, 1.54) is 6.26 Å². The Morgan fingerprint density at radius 2 is 1.75 bits per heavy atom. The zero-order valence-electron chi connectivity index (χ0n) is 15.9. The highest BCUT2D eigenvalue weighted by Crippen LogP contribution is 2.19. The Kier molecular flexibility index (Phi) is 6.22. The summed E-state index contributed by atoms with van der Waals surface area (Å²) in [5.74, 6) is 0.336. The van der Waals surface area contributed by atoms with Gasteiger partial charge in [-0.2, -0.15) is 0 Å². The van der Waals surface area contributed by atoms with Crippen LogP contribution in [0.3, 0.4) is 0 Å². The molecule has 144 valence electrons. The maximum absolute atomic E-state index is 12.4. The first kappa shape index (κ1) is 19.4. The van der Waals surface area contributed by atoms with E-state index in [-0.39, 0.29) is 18.2 Å². The predicted molar refractivity (Wildman–Crippen MR) is 108 cm³/mol. The number of carbonyl (C=O) groups excluding carboxylic acids is 2. The number of oxazole rings is 1. The van der Waals surface area contributed by atoms with Crippen LogP contribution in [-0.2, 0) is 11.2 Å². The predicted octanol–water partition coefficient (Wildman–Crippen LogP) is 3.91. The van der Waals surface area contributed by atoms with Crippen molar-refractivity contribution in [1.29, 1.82) is 0 Å². The van der Waals surface area contributed by atoms with Crippen LogP contribution in [0.4, 0.5) is 5.69 Å². The molecule has 6 nitrogen and oxygen atoms in total. The molecule has 0 aliphatic heterocycles. The largest absolute Gasteiger partial charge is 0.444 e. The fourth-order valence-corrected chi connectivity index (χ4v) is 2.64. The Morgan fingerprint density at radius 1 is 1.04 bits per heavy atom. The van der Waals surface area contributed by atoms with Crippen molar-refractivity contribution < 1.29 is 14.0 Å². The molecule has 0 bridgehead atoms. The molecular weight excluding hydrogens is 354 g/mol. The monoisotopic (exact) mass is 377 g/mol. The highest BCUT2D eigenvalue weighted by atomic mass is 16.3. The molecule has 0 saturated carbocycles. The van der Waals surface area contributed by atoms with Crippen LogP contribution in [-0.4, -0.2) is 23.3 Å². The fourth-order valence-electron chi connectivity index (χ4n) is 2.64. The van der Waals surface area contributed by atoms with Crippen LogP contribution in [0.15, 0.2) is 65.3 Å². The SMILES string of the molecule is CC(C)CNC(=O)c1ccccc1NC(=O)Cc1coc(-c2ccccc2)n1. The summed E-state index contributed by atoms with van der Waals surface area (Å²) in [6.45, 7) is 4.62. The summed E-state index contributed by atoms with van der Waals surface area (Å²) < 4.78 is 5.46. The van der Waals surface area contributed by atoms with Gasteiger partial charge >= 0.3 is 0 Å². The quantitative estimate of drug-likeness (QED) is 0.654. The second-order valence-electron chi connectivity index (χ2n) is 6.88. The molecule has 0 fully saturated rings. The maximum atomic E-state index is 12.4. The molecule has 2 amide bonds. The molecule has 3 aromatic rings. The van der Waals surface area contributed by atoms with Crippen LogP contribution >= 0.6 is 0 Å². The third-order valence-corrected chi connectivity index (χ3v) is 4.03.